The number of hydrogen-bond donors (Lipinski definition) is 3. The molecule has 7 nitrogen and oxygen atoms in total. The minimum Gasteiger partial charge on any atom is -0.507 e. The van der Waals surface area contributed by atoms with Crippen molar-refractivity contribution in [2.24, 2.45) is 17.8 Å². The molecule has 41 heavy (non-hydrogen) atoms. The van der Waals surface area contributed by atoms with Crippen LogP contribution in [-0.2, 0) is 14.3 Å². The van der Waals surface area contributed by atoms with E-state index in [-0.39, 0.29) is 29.3 Å². The van der Waals surface area contributed by atoms with Gasteiger partial charge in [-0.05, 0) is 97.9 Å². The van der Waals surface area contributed by atoms with Crippen molar-refractivity contribution < 1.29 is 29.5 Å². The number of benzene rings is 2. The molecule has 2 amide bonds. The zero-order chi connectivity index (χ0) is 29.4. The maximum atomic E-state index is 13.8. The van der Waals surface area contributed by atoms with Crippen LogP contribution in [0.4, 0.5) is 5.69 Å². The molecule has 0 saturated carbocycles. The van der Waals surface area contributed by atoms with Crippen molar-refractivity contribution in [2.45, 2.75) is 72.3 Å². The number of allylic oxidation sites excluding steroid dienone is 2. The molecule has 3 aliphatic rings. The molecular formula is C33H40BNO6. The fraction of sp³-hybridized carbons (Fsp3) is 0.455. The van der Waals surface area contributed by atoms with Gasteiger partial charge in [-0.25, -0.2) is 0 Å². The average molecular weight is 557 g/mol. The normalized spacial score (nSPS) is 24.2. The van der Waals surface area contributed by atoms with Crippen molar-refractivity contribution in [2.75, 3.05) is 11.5 Å². The van der Waals surface area contributed by atoms with Gasteiger partial charge >= 0.3 is 7.12 Å². The maximum absolute atomic E-state index is 13.8. The summed E-state index contributed by atoms with van der Waals surface area (Å²) in [5.74, 6) is -1.11. The van der Waals surface area contributed by atoms with E-state index >= 15 is 0 Å². The van der Waals surface area contributed by atoms with Gasteiger partial charge in [0.25, 0.3) is 0 Å². The largest absolute Gasteiger partial charge is 0.507 e. The Bertz CT molecular complexity index is 1390. The van der Waals surface area contributed by atoms with Crippen LogP contribution in [0.15, 0.2) is 53.1 Å². The van der Waals surface area contributed by atoms with Crippen LogP contribution in [0.3, 0.4) is 0 Å². The number of nitrogens with zero attached hydrogens (tertiary/aromatic N) is 1. The Morgan fingerprint density at radius 2 is 1.78 bits per heavy atom. The second kappa shape index (κ2) is 12.0. The van der Waals surface area contributed by atoms with Crippen LogP contribution in [0.5, 0.6) is 5.75 Å². The third kappa shape index (κ3) is 5.53. The minimum atomic E-state index is -1.68. The number of rotatable bonds is 9. The van der Waals surface area contributed by atoms with Gasteiger partial charge in [0.15, 0.2) is 0 Å². The number of hydrogen-bond acceptors (Lipinski definition) is 6. The highest BCUT2D eigenvalue weighted by molar-refractivity contribution is 6.58. The lowest BCUT2D eigenvalue weighted by Gasteiger charge is -2.31. The third-order valence-electron chi connectivity index (χ3n) is 9.04. The van der Waals surface area contributed by atoms with Crippen LogP contribution < -0.4 is 10.4 Å². The van der Waals surface area contributed by atoms with Gasteiger partial charge in [0.2, 0.25) is 11.8 Å². The lowest BCUT2D eigenvalue weighted by atomic mass is 9.69. The van der Waals surface area contributed by atoms with Gasteiger partial charge in [0.05, 0.1) is 30.2 Å². The summed E-state index contributed by atoms with van der Waals surface area (Å²) in [6, 6.07) is 10.4. The molecule has 2 fully saturated rings. The molecule has 0 unspecified atom stereocenters. The van der Waals surface area contributed by atoms with Crippen LogP contribution >= 0.6 is 0 Å². The van der Waals surface area contributed by atoms with E-state index in [1.807, 2.05) is 26.0 Å². The highest BCUT2D eigenvalue weighted by Crippen LogP contribution is 2.51. The molecular weight excluding hydrogens is 517 g/mol. The number of carbonyl (C=O) groups is 2. The number of aromatic hydroxyl groups is 1. The SMILES string of the molecule is CCC/C(=C\c1cc(C)c(O)c(C)c1)CC[C@H]1OC[C@H]2C1=C(CC)C[C@H]1C(=O)N(c3cccc(B(O)O)c3)C(=O)[C@H]12. The fourth-order valence-electron chi connectivity index (χ4n) is 7.11. The molecule has 3 N–H and O–H groups in total. The van der Waals surface area contributed by atoms with E-state index in [1.165, 1.54) is 27.7 Å². The number of anilines is 1. The highest BCUT2D eigenvalue weighted by atomic mass is 16.5. The van der Waals surface area contributed by atoms with E-state index in [4.69, 9.17) is 4.74 Å². The summed E-state index contributed by atoms with van der Waals surface area (Å²) in [5.41, 5.74) is 7.22. The Balaban J connectivity index is 1.37. The topological polar surface area (TPSA) is 107 Å². The van der Waals surface area contributed by atoms with E-state index in [9.17, 15) is 24.7 Å². The molecule has 4 atom stereocenters. The number of ether oxygens (including phenoxy) is 1. The molecule has 0 radical (unpaired) electrons. The summed E-state index contributed by atoms with van der Waals surface area (Å²) in [5, 5.41) is 29.4. The predicted octanol–water partition coefficient (Wildman–Crippen LogP) is 4.58. The van der Waals surface area contributed by atoms with Crippen LogP contribution in [0.25, 0.3) is 6.08 Å². The zero-order valence-electron chi connectivity index (χ0n) is 24.4. The Hall–Kier alpha value is -3.20. The molecule has 0 aromatic heterocycles. The summed E-state index contributed by atoms with van der Waals surface area (Å²) in [4.78, 5) is 28.6. The van der Waals surface area contributed by atoms with E-state index < -0.39 is 19.0 Å². The van der Waals surface area contributed by atoms with Crippen LogP contribution in [-0.4, -0.2) is 46.8 Å². The van der Waals surface area contributed by atoms with Crippen molar-refractivity contribution in [3.8, 4) is 5.75 Å². The average Bonchev–Trinajstić information content (AvgIpc) is 3.48. The predicted molar refractivity (Wildman–Crippen MR) is 161 cm³/mol. The second-order valence-corrected chi connectivity index (χ2v) is 11.8. The molecule has 2 saturated heterocycles. The van der Waals surface area contributed by atoms with Gasteiger partial charge < -0.3 is 19.9 Å². The van der Waals surface area contributed by atoms with E-state index in [0.29, 0.717) is 24.5 Å². The molecule has 216 valence electrons. The third-order valence-corrected chi connectivity index (χ3v) is 9.04. The van der Waals surface area contributed by atoms with Crippen molar-refractivity contribution in [1.29, 1.82) is 0 Å². The molecule has 1 aliphatic carbocycles. The molecule has 8 heteroatoms. The Kier molecular flexibility index (Phi) is 8.55. The Morgan fingerprint density at radius 1 is 1.05 bits per heavy atom. The summed E-state index contributed by atoms with van der Waals surface area (Å²) >= 11 is 0. The Morgan fingerprint density at radius 3 is 2.44 bits per heavy atom. The van der Waals surface area contributed by atoms with Crippen molar-refractivity contribution in [3.05, 3.63) is 69.8 Å². The lowest BCUT2D eigenvalue weighted by molar-refractivity contribution is -0.122. The number of phenols is 1. The first-order valence-electron chi connectivity index (χ1n) is 14.8. The molecule has 2 aromatic rings. The van der Waals surface area contributed by atoms with Gasteiger partial charge in [-0.15, -0.1) is 0 Å². The van der Waals surface area contributed by atoms with Crippen LogP contribution in [0.2, 0.25) is 0 Å². The van der Waals surface area contributed by atoms with Crippen LogP contribution in [0.1, 0.15) is 69.1 Å². The molecule has 2 aromatic carbocycles. The molecule has 2 heterocycles. The summed E-state index contributed by atoms with van der Waals surface area (Å²) in [7, 11) is -1.68. The van der Waals surface area contributed by atoms with Gasteiger partial charge in [-0.1, -0.05) is 49.6 Å². The number of carbonyl (C=O) groups excluding carboxylic acids is 2. The quantitative estimate of drug-likeness (QED) is 0.237. The lowest BCUT2D eigenvalue weighted by Crippen LogP contribution is -2.35. The number of amides is 2. The monoisotopic (exact) mass is 557 g/mol. The van der Waals surface area contributed by atoms with Gasteiger partial charge in [0, 0.05) is 5.92 Å². The highest BCUT2D eigenvalue weighted by Gasteiger charge is 2.57. The molecule has 0 bridgehead atoms. The molecule has 5 rings (SSSR count). The Labute approximate surface area is 242 Å². The molecule has 0 spiro atoms. The summed E-state index contributed by atoms with van der Waals surface area (Å²) < 4.78 is 6.38. The first-order valence-corrected chi connectivity index (χ1v) is 14.8. The van der Waals surface area contributed by atoms with E-state index in [1.54, 1.807) is 18.2 Å². The smallest absolute Gasteiger partial charge is 0.488 e. The van der Waals surface area contributed by atoms with E-state index in [2.05, 4.69) is 19.9 Å². The number of phenolic OH excluding ortho intramolecular Hbond substituents is 1. The first-order chi connectivity index (χ1) is 19.6. The maximum Gasteiger partial charge on any atom is 0.488 e. The summed E-state index contributed by atoms with van der Waals surface area (Å²) in [6.07, 6.45) is 7.21. The van der Waals surface area contributed by atoms with Crippen LogP contribution in [0, 0.1) is 31.6 Å². The summed E-state index contributed by atoms with van der Waals surface area (Å²) in [6.45, 7) is 8.55. The van der Waals surface area contributed by atoms with Gasteiger partial charge in [0.1, 0.15) is 5.75 Å². The standard InChI is InChI=1S/C33H40BNO6/c1-5-8-21(15-22-13-19(3)31(36)20(4)14-22)11-12-28-29-23(6-2)16-26-30(27(29)18-41-28)33(38)35(32(26)37)25-10-7-9-24(17-25)34(39)40/h7,9-10,13-15,17,26-28,30,36,39-40H,5-6,8,11-12,16,18H2,1-4H3/b21-15+/t26-,27+,28-,30-/m1/s1. The van der Waals surface area contributed by atoms with Gasteiger partial charge in [-0.2, -0.15) is 0 Å². The zero-order valence-corrected chi connectivity index (χ0v) is 24.4. The van der Waals surface area contributed by atoms with Crippen molar-refractivity contribution in [1.82, 2.24) is 0 Å². The minimum absolute atomic E-state index is 0.0794. The van der Waals surface area contributed by atoms with Gasteiger partial charge in [-0.3, -0.25) is 14.5 Å². The van der Waals surface area contributed by atoms with Crippen molar-refractivity contribution >= 4 is 36.2 Å². The first kappa shape index (κ1) is 29.3. The van der Waals surface area contributed by atoms with Crippen molar-refractivity contribution in [3.63, 3.8) is 0 Å². The second-order valence-electron chi connectivity index (χ2n) is 11.8. The van der Waals surface area contributed by atoms with E-state index in [0.717, 1.165) is 48.8 Å². The molecule has 2 aliphatic heterocycles. The fourth-order valence-corrected chi connectivity index (χ4v) is 7.11. The number of imide groups is 1. The number of fused-ring (bicyclic) bond motifs is 3. The number of aryl methyl sites for hydroxylation is 2.